The predicted octanol–water partition coefficient (Wildman–Crippen LogP) is -0.255. The molecule has 0 aromatic heterocycles. The van der Waals surface area contributed by atoms with Crippen LogP contribution < -0.4 is 0 Å². The topological polar surface area (TPSA) is 49.7 Å². The molecule has 0 fully saturated rings. The van der Waals surface area contributed by atoms with Crippen molar-refractivity contribution >= 4 is 0 Å². The Balaban J connectivity index is 2.40. The van der Waals surface area contributed by atoms with Crippen LogP contribution in [0.15, 0.2) is 5.18 Å². The second kappa shape index (κ2) is 3.56. The monoisotopic (exact) mass is 75.0 g/mol. The van der Waals surface area contributed by atoms with Gasteiger partial charge in [-0.15, -0.1) is 0 Å². The molecular formula is C2H5NO2. The first-order valence-corrected chi connectivity index (χ1v) is 1.32. The SMILES string of the molecule is O=NCCO. The van der Waals surface area contributed by atoms with E-state index >= 15 is 0 Å². The third kappa shape index (κ3) is 3.56. The molecule has 3 heteroatoms. The lowest BCUT2D eigenvalue weighted by Crippen LogP contribution is -1.82. The third-order valence-electron chi connectivity index (χ3n) is 0.191. The summed E-state index contributed by atoms with van der Waals surface area (Å²) in [7, 11) is 0. The van der Waals surface area contributed by atoms with Crippen LogP contribution in [0.4, 0.5) is 0 Å². The number of hydrogen-bond donors (Lipinski definition) is 1. The smallest absolute Gasteiger partial charge is 0.104 e. The summed E-state index contributed by atoms with van der Waals surface area (Å²) in [6.45, 7) is -0.122. The molecule has 0 heterocycles. The average Bonchev–Trinajstić information content (AvgIpc) is 1.41. The van der Waals surface area contributed by atoms with Crippen molar-refractivity contribution in [1.29, 1.82) is 0 Å². The van der Waals surface area contributed by atoms with E-state index in [2.05, 4.69) is 5.18 Å². The maximum Gasteiger partial charge on any atom is 0.104 e. The van der Waals surface area contributed by atoms with Gasteiger partial charge in [-0.25, -0.2) is 0 Å². The molecule has 0 bridgehead atoms. The highest BCUT2D eigenvalue weighted by molar-refractivity contribution is 4.30. The van der Waals surface area contributed by atoms with Crippen molar-refractivity contribution in [1.82, 2.24) is 0 Å². The first kappa shape index (κ1) is 4.56. The highest BCUT2D eigenvalue weighted by atomic mass is 16.3. The summed E-state index contributed by atoms with van der Waals surface area (Å²) in [5.74, 6) is 0. The fraction of sp³-hybridized carbons (Fsp3) is 1.00. The molecule has 0 aliphatic heterocycles. The zero-order chi connectivity index (χ0) is 4.12. The summed E-state index contributed by atoms with van der Waals surface area (Å²) < 4.78 is 0. The van der Waals surface area contributed by atoms with Gasteiger partial charge in [-0.1, -0.05) is 5.18 Å². The first-order valence-electron chi connectivity index (χ1n) is 1.32. The Bertz CT molecular complexity index is 28.8. The van der Waals surface area contributed by atoms with Crippen molar-refractivity contribution in [2.24, 2.45) is 5.18 Å². The Hall–Kier alpha value is -0.440. The predicted molar refractivity (Wildman–Crippen MR) is 17.7 cm³/mol. The Morgan fingerprint density at radius 2 is 2.40 bits per heavy atom. The van der Waals surface area contributed by atoms with Crippen molar-refractivity contribution in [2.75, 3.05) is 13.2 Å². The molecule has 0 saturated carbocycles. The zero-order valence-corrected chi connectivity index (χ0v) is 2.72. The second-order valence-electron chi connectivity index (χ2n) is 0.576. The Morgan fingerprint density at radius 3 is 2.40 bits per heavy atom. The molecule has 0 aliphatic carbocycles. The largest absolute Gasteiger partial charge is 0.394 e. The van der Waals surface area contributed by atoms with Crippen molar-refractivity contribution < 1.29 is 5.11 Å². The average molecular weight is 75.1 g/mol. The quantitative estimate of drug-likeness (QED) is 0.460. The van der Waals surface area contributed by atoms with E-state index in [0.29, 0.717) is 0 Å². The molecule has 1 N–H and O–H groups in total. The van der Waals surface area contributed by atoms with E-state index in [4.69, 9.17) is 10.0 Å². The molecule has 0 aliphatic rings. The highest BCUT2D eigenvalue weighted by Crippen LogP contribution is 1.56. The van der Waals surface area contributed by atoms with Gasteiger partial charge in [0.05, 0.1) is 6.61 Å². The zero-order valence-electron chi connectivity index (χ0n) is 2.72. The van der Waals surface area contributed by atoms with Crippen LogP contribution in [0, 0.1) is 4.91 Å². The Labute approximate surface area is 29.6 Å². The van der Waals surface area contributed by atoms with Crippen LogP contribution >= 0.6 is 0 Å². The minimum absolute atomic E-state index is 0.0139. The van der Waals surface area contributed by atoms with Gasteiger partial charge >= 0.3 is 0 Å². The molecule has 0 unspecified atom stereocenters. The molecule has 5 heavy (non-hydrogen) atoms. The van der Waals surface area contributed by atoms with Gasteiger partial charge in [0.1, 0.15) is 6.54 Å². The van der Waals surface area contributed by atoms with Crippen LogP contribution in [0.1, 0.15) is 0 Å². The molecule has 30 valence electrons. The summed E-state index contributed by atoms with van der Waals surface area (Å²) in [4.78, 5) is 8.99. The first-order chi connectivity index (χ1) is 2.41. The van der Waals surface area contributed by atoms with Crippen LogP contribution in [0.3, 0.4) is 0 Å². The van der Waals surface area contributed by atoms with Crippen LogP contribution in [0.5, 0.6) is 0 Å². The van der Waals surface area contributed by atoms with Crippen LogP contribution in [0.2, 0.25) is 0 Å². The number of hydrogen-bond acceptors (Lipinski definition) is 3. The van der Waals surface area contributed by atoms with E-state index in [-0.39, 0.29) is 13.2 Å². The van der Waals surface area contributed by atoms with E-state index < -0.39 is 0 Å². The lowest BCUT2D eigenvalue weighted by Gasteiger charge is -1.69. The van der Waals surface area contributed by atoms with Crippen molar-refractivity contribution in [3.05, 3.63) is 4.91 Å². The molecule has 0 aromatic rings. The van der Waals surface area contributed by atoms with Gasteiger partial charge in [0.15, 0.2) is 0 Å². The normalized spacial score (nSPS) is 7.40. The van der Waals surface area contributed by atoms with Gasteiger partial charge in [0, 0.05) is 0 Å². The van der Waals surface area contributed by atoms with Crippen molar-refractivity contribution in [3.63, 3.8) is 0 Å². The molecule has 0 spiro atoms. The standard InChI is InChI=1S/C2H5NO2/c4-2-1-3-5/h4H,1-2H2. The van der Waals surface area contributed by atoms with Gasteiger partial charge in [-0.2, -0.15) is 4.91 Å². The molecule has 0 rings (SSSR count). The van der Waals surface area contributed by atoms with Crippen LogP contribution in [0.25, 0.3) is 0 Å². The molecule has 0 atom stereocenters. The van der Waals surface area contributed by atoms with Crippen LogP contribution in [-0.2, 0) is 0 Å². The summed E-state index contributed by atoms with van der Waals surface area (Å²) in [5, 5.41) is 10.1. The summed E-state index contributed by atoms with van der Waals surface area (Å²) >= 11 is 0. The van der Waals surface area contributed by atoms with Crippen LogP contribution in [-0.4, -0.2) is 18.3 Å². The molecular weight excluding hydrogens is 70.0 g/mol. The third-order valence-corrected chi connectivity index (χ3v) is 0.191. The minimum atomic E-state index is -0.135. The number of nitrogens with zero attached hydrogens (tertiary/aromatic N) is 1. The van der Waals surface area contributed by atoms with Gasteiger partial charge in [-0.05, 0) is 0 Å². The summed E-state index contributed by atoms with van der Waals surface area (Å²) in [6.07, 6.45) is 0. The number of aliphatic hydroxyl groups excluding tert-OH is 1. The van der Waals surface area contributed by atoms with E-state index in [9.17, 15) is 0 Å². The van der Waals surface area contributed by atoms with Gasteiger partial charge < -0.3 is 5.11 Å². The maximum absolute atomic E-state index is 8.99. The fourth-order valence-electron chi connectivity index (χ4n) is 0.0408. The van der Waals surface area contributed by atoms with Gasteiger partial charge in [-0.3, -0.25) is 0 Å². The molecule has 0 radical (unpaired) electrons. The van der Waals surface area contributed by atoms with Gasteiger partial charge in [0.25, 0.3) is 0 Å². The lowest BCUT2D eigenvalue weighted by molar-refractivity contribution is 0.306. The summed E-state index contributed by atoms with van der Waals surface area (Å²) in [5.41, 5.74) is 0. The number of nitroso groups, excluding NO2 is 1. The Morgan fingerprint density at radius 1 is 1.80 bits per heavy atom. The number of rotatable bonds is 2. The minimum Gasteiger partial charge on any atom is -0.394 e. The molecule has 0 saturated heterocycles. The highest BCUT2D eigenvalue weighted by Gasteiger charge is 1.68. The Kier molecular flexibility index (Phi) is 3.25. The molecule has 0 amide bonds. The maximum atomic E-state index is 8.99. The van der Waals surface area contributed by atoms with Crippen molar-refractivity contribution in [2.45, 2.75) is 0 Å². The van der Waals surface area contributed by atoms with E-state index in [1.165, 1.54) is 0 Å². The number of aliphatic hydroxyl groups is 1. The molecule has 0 aromatic carbocycles. The van der Waals surface area contributed by atoms with E-state index in [1.54, 1.807) is 0 Å². The fourth-order valence-corrected chi connectivity index (χ4v) is 0.0408. The molecule has 3 nitrogen and oxygen atoms in total. The van der Waals surface area contributed by atoms with Gasteiger partial charge in [0.2, 0.25) is 0 Å². The lowest BCUT2D eigenvalue weighted by atomic mass is 10.8. The summed E-state index contributed by atoms with van der Waals surface area (Å²) in [6, 6.07) is 0. The van der Waals surface area contributed by atoms with E-state index in [0.717, 1.165) is 0 Å². The van der Waals surface area contributed by atoms with Crippen molar-refractivity contribution in [3.8, 4) is 0 Å². The van der Waals surface area contributed by atoms with E-state index in [1.807, 2.05) is 0 Å². The second-order valence-corrected chi connectivity index (χ2v) is 0.576.